The minimum Gasteiger partial charge on any atom is -0.357 e. The molecule has 0 atom stereocenters. The molecule has 0 saturated carbocycles. The molecule has 2 amide bonds. The van der Waals surface area contributed by atoms with E-state index in [1.807, 2.05) is 29.2 Å². The van der Waals surface area contributed by atoms with E-state index in [4.69, 9.17) is 0 Å². The van der Waals surface area contributed by atoms with E-state index in [1.54, 1.807) is 0 Å². The van der Waals surface area contributed by atoms with Crippen molar-refractivity contribution in [2.75, 3.05) is 25.0 Å². The molecule has 26 heavy (non-hydrogen) atoms. The Labute approximate surface area is 155 Å². The number of hydrogen-bond donors (Lipinski definition) is 3. The van der Waals surface area contributed by atoms with Crippen molar-refractivity contribution in [3.63, 3.8) is 0 Å². The van der Waals surface area contributed by atoms with E-state index >= 15 is 0 Å². The molecule has 1 aromatic carbocycles. The smallest absolute Gasteiger partial charge is 0.321 e. The number of urea groups is 1. The summed E-state index contributed by atoms with van der Waals surface area (Å²) in [4.78, 5) is 18.8. The van der Waals surface area contributed by atoms with Crippen molar-refractivity contribution in [1.82, 2.24) is 15.5 Å². The van der Waals surface area contributed by atoms with Crippen LogP contribution in [0.3, 0.4) is 0 Å². The van der Waals surface area contributed by atoms with Gasteiger partial charge in [0.1, 0.15) is 0 Å². The molecule has 140 valence electrons. The number of hydrogen-bond acceptors (Lipinski definition) is 2. The molecule has 3 rings (SSSR count). The average Bonchev–Trinajstić information content (AvgIpc) is 3.34. The van der Waals surface area contributed by atoms with Crippen molar-refractivity contribution in [3.8, 4) is 0 Å². The van der Waals surface area contributed by atoms with E-state index in [2.05, 4.69) is 40.0 Å². The van der Waals surface area contributed by atoms with E-state index in [0.29, 0.717) is 12.6 Å². The zero-order valence-corrected chi connectivity index (χ0v) is 15.5. The summed E-state index contributed by atoms with van der Waals surface area (Å²) in [6, 6.07) is 8.35. The van der Waals surface area contributed by atoms with E-state index in [0.717, 1.165) is 62.5 Å². The fourth-order valence-corrected chi connectivity index (χ4v) is 3.29. The van der Waals surface area contributed by atoms with Crippen LogP contribution in [0.2, 0.25) is 0 Å². The third-order valence-electron chi connectivity index (χ3n) is 4.68. The number of benzene rings is 1. The third kappa shape index (κ3) is 5.25. The predicted octanol–water partition coefficient (Wildman–Crippen LogP) is 3.09. The number of nitrogens with zero attached hydrogens (tertiary/aromatic N) is 2. The number of carbonyl (C=O) groups excluding carboxylic acids is 1. The lowest BCUT2D eigenvalue weighted by molar-refractivity contribution is 0.222. The van der Waals surface area contributed by atoms with Crippen LogP contribution in [-0.2, 0) is 6.54 Å². The van der Waals surface area contributed by atoms with Gasteiger partial charge in [0, 0.05) is 31.4 Å². The Morgan fingerprint density at radius 2 is 2.00 bits per heavy atom. The van der Waals surface area contributed by atoms with Gasteiger partial charge >= 0.3 is 6.03 Å². The number of guanidine groups is 1. The number of carbonyl (C=O) groups is 1. The van der Waals surface area contributed by atoms with Gasteiger partial charge in [0.25, 0.3) is 0 Å². The monoisotopic (exact) mass is 355 g/mol. The molecule has 6 nitrogen and oxygen atoms in total. The van der Waals surface area contributed by atoms with Crippen LogP contribution < -0.4 is 16.0 Å². The molecule has 0 radical (unpaired) electrons. The summed E-state index contributed by atoms with van der Waals surface area (Å²) in [6.45, 7) is 5.17. The number of rotatable bonds is 5. The summed E-state index contributed by atoms with van der Waals surface area (Å²) < 4.78 is 0. The lowest BCUT2D eigenvalue weighted by Crippen LogP contribution is -2.42. The van der Waals surface area contributed by atoms with Crippen LogP contribution in [0.1, 0.15) is 38.2 Å². The van der Waals surface area contributed by atoms with Gasteiger partial charge in [-0.3, -0.25) is 0 Å². The number of nitrogens with one attached hydrogen (secondary N) is 3. The second-order valence-corrected chi connectivity index (χ2v) is 6.80. The van der Waals surface area contributed by atoms with Crippen molar-refractivity contribution in [3.05, 3.63) is 42.0 Å². The van der Waals surface area contributed by atoms with Gasteiger partial charge in [-0.1, -0.05) is 24.3 Å². The van der Waals surface area contributed by atoms with Gasteiger partial charge in [-0.2, -0.15) is 0 Å². The Bertz CT molecular complexity index is 656. The summed E-state index contributed by atoms with van der Waals surface area (Å²) in [5.74, 6) is 0.840. The SMILES string of the molecule is CCNC(=NCc1cccc(NC(=O)N2CCCC2)c1)NC1CC=CC1. The molecule has 1 saturated heterocycles. The summed E-state index contributed by atoms with van der Waals surface area (Å²) in [5, 5.41) is 9.76. The molecule has 1 aromatic rings. The van der Waals surface area contributed by atoms with Crippen molar-refractivity contribution < 1.29 is 4.79 Å². The summed E-state index contributed by atoms with van der Waals surface area (Å²) in [7, 11) is 0. The first kappa shape index (κ1) is 18.3. The first-order valence-electron chi connectivity index (χ1n) is 9.59. The van der Waals surface area contributed by atoms with Crippen molar-refractivity contribution in [2.24, 2.45) is 4.99 Å². The summed E-state index contributed by atoms with van der Waals surface area (Å²) >= 11 is 0. The lowest BCUT2D eigenvalue weighted by Gasteiger charge is -2.17. The molecule has 2 aliphatic rings. The Morgan fingerprint density at radius 3 is 2.73 bits per heavy atom. The van der Waals surface area contributed by atoms with Gasteiger partial charge in [0.2, 0.25) is 0 Å². The van der Waals surface area contributed by atoms with Crippen LogP contribution in [0.4, 0.5) is 10.5 Å². The van der Waals surface area contributed by atoms with Gasteiger partial charge < -0.3 is 20.9 Å². The highest BCUT2D eigenvalue weighted by atomic mass is 16.2. The molecule has 1 aliphatic heterocycles. The molecule has 0 spiro atoms. The zero-order valence-electron chi connectivity index (χ0n) is 15.5. The minimum atomic E-state index is -0.00751. The fourth-order valence-electron chi connectivity index (χ4n) is 3.29. The maximum absolute atomic E-state index is 12.2. The number of anilines is 1. The molecule has 6 heteroatoms. The molecule has 1 fully saturated rings. The topological polar surface area (TPSA) is 68.8 Å². The van der Waals surface area contributed by atoms with Gasteiger partial charge in [-0.15, -0.1) is 0 Å². The van der Waals surface area contributed by atoms with Gasteiger partial charge in [0.05, 0.1) is 6.54 Å². The predicted molar refractivity (Wildman–Crippen MR) is 106 cm³/mol. The maximum Gasteiger partial charge on any atom is 0.321 e. The first-order chi connectivity index (χ1) is 12.7. The summed E-state index contributed by atoms with van der Waals surface area (Å²) in [5.41, 5.74) is 1.90. The average molecular weight is 355 g/mol. The van der Waals surface area contributed by atoms with Crippen molar-refractivity contribution >= 4 is 17.7 Å². The largest absolute Gasteiger partial charge is 0.357 e. The van der Waals surface area contributed by atoms with E-state index in [1.165, 1.54) is 0 Å². The quantitative estimate of drug-likeness (QED) is 0.432. The fraction of sp³-hybridized carbons (Fsp3) is 0.500. The highest BCUT2D eigenvalue weighted by Gasteiger charge is 2.17. The van der Waals surface area contributed by atoms with Crippen LogP contribution in [0.5, 0.6) is 0 Å². The number of amides is 2. The highest BCUT2D eigenvalue weighted by Crippen LogP contribution is 2.15. The van der Waals surface area contributed by atoms with E-state index in [9.17, 15) is 4.79 Å². The molecular weight excluding hydrogens is 326 g/mol. The molecular formula is C20H29N5O. The maximum atomic E-state index is 12.2. The molecule has 0 aromatic heterocycles. The third-order valence-corrected chi connectivity index (χ3v) is 4.68. The van der Waals surface area contributed by atoms with Crippen LogP contribution in [-0.4, -0.2) is 42.6 Å². The lowest BCUT2D eigenvalue weighted by atomic mass is 10.2. The van der Waals surface area contributed by atoms with E-state index < -0.39 is 0 Å². The van der Waals surface area contributed by atoms with Gasteiger partial charge in [-0.25, -0.2) is 9.79 Å². The second kappa shape index (κ2) is 9.27. The molecule has 1 heterocycles. The normalized spacial score (nSPS) is 17.6. The van der Waals surface area contributed by atoms with Crippen molar-refractivity contribution in [1.29, 1.82) is 0 Å². The van der Waals surface area contributed by atoms with Crippen LogP contribution in [0.15, 0.2) is 41.4 Å². The Kier molecular flexibility index (Phi) is 6.52. The Hall–Kier alpha value is -2.50. The first-order valence-corrected chi connectivity index (χ1v) is 9.59. The summed E-state index contributed by atoms with van der Waals surface area (Å²) in [6.07, 6.45) is 8.68. The van der Waals surface area contributed by atoms with Crippen LogP contribution >= 0.6 is 0 Å². The molecule has 0 unspecified atom stereocenters. The minimum absolute atomic E-state index is 0.00751. The standard InChI is InChI=1S/C20H29N5O/c1-2-21-19(23-17-9-3-4-10-17)22-15-16-8-7-11-18(14-16)24-20(26)25-12-5-6-13-25/h3-4,7-8,11,14,17H,2,5-6,9-10,12-13,15H2,1H3,(H,24,26)(H2,21,22,23). The molecule has 0 bridgehead atoms. The Balaban J connectivity index is 1.58. The van der Waals surface area contributed by atoms with Crippen LogP contribution in [0.25, 0.3) is 0 Å². The zero-order chi connectivity index (χ0) is 18.2. The number of aliphatic imine (C=N–C) groups is 1. The number of likely N-dealkylation sites (tertiary alicyclic amines) is 1. The van der Waals surface area contributed by atoms with E-state index in [-0.39, 0.29) is 6.03 Å². The van der Waals surface area contributed by atoms with Crippen LogP contribution in [0, 0.1) is 0 Å². The Morgan fingerprint density at radius 1 is 1.23 bits per heavy atom. The highest BCUT2D eigenvalue weighted by molar-refractivity contribution is 5.89. The van der Waals surface area contributed by atoms with Gasteiger partial charge in [-0.05, 0) is 50.3 Å². The second-order valence-electron chi connectivity index (χ2n) is 6.80. The molecule has 3 N–H and O–H groups in total. The van der Waals surface area contributed by atoms with Gasteiger partial charge in [0.15, 0.2) is 5.96 Å². The van der Waals surface area contributed by atoms with Crippen molar-refractivity contribution in [2.45, 2.75) is 45.2 Å². The molecule has 1 aliphatic carbocycles.